The highest BCUT2D eigenvalue weighted by atomic mass is 16.5. The SMILES string of the molecule is Cc1ccnc(Oc2cc(NC(=O)CCC3CCNCC3)ccc2C)c1. The van der Waals surface area contributed by atoms with Crippen LogP contribution in [0.25, 0.3) is 0 Å². The second-order valence-electron chi connectivity index (χ2n) is 7.03. The highest BCUT2D eigenvalue weighted by molar-refractivity contribution is 5.90. The largest absolute Gasteiger partial charge is 0.439 e. The van der Waals surface area contributed by atoms with Crippen molar-refractivity contribution in [1.82, 2.24) is 10.3 Å². The van der Waals surface area contributed by atoms with Gasteiger partial charge in [-0.05, 0) is 75.4 Å². The summed E-state index contributed by atoms with van der Waals surface area (Å²) in [6.45, 7) is 6.12. The number of aryl methyl sites for hydroxylation is 2. The number of amides is 1. The van der Waals surface area contributed by atoms with Gasteiger partial charge < -0.3 is 15.4 Å². The Morgan fingerprint density at radius 2 is 2.04 bits per heavy atom. The predicted octanol–water partition coefficient (Wildman–Crippen LogP) is 4.21. The molecule has 0 radical (unpaired) electrons. The van der Waals surface area contributed by atoms with Crippen LogP contribution < -0.4 is 15.4 Å². The number of rotatable bonds is 6. The first-order valence-electron chi connectivity index (χ1n) is 9.32. The summed E-state index contributed by atoms with van der Waals surface area (Å²) in [5.41, 5.74) is 2.85. The second-order valence-corrected chi connectivity index (χ2v) is 7.03. The van der Waals surface area contributed by atoms with Gasteiger partial charge >= 0.3 is 0 Å². The average molecular weight is 353 g/mol. The number of piperidine rings is 1. The lowest BCUT2D eigenvalue weighted by Gasteiger charge is -2.22. The molecule has 1 fully saturated rings. The van der Waals surface area contributed by atoms with E-state index in [1.54, 1.807) is 6.20 Å². The molecule has 3 rings (SSSR count). The molecule has 0 bridgehead atoms. The minimum absolute atomic E-state index is 0.0621. The maximum Gasteiger partial charge on any atom is 0.224 e. The molecule has 2 N–H and O–H groups in total. The number of pyridine rings is 1. The Kier molecular flexibility index (Phi) is 6.23. The van der Waals surface area contributed by atoms with Gasteiger partial charge in [-0.25, -0.2) is 4.98 Å². The first kappa shape index (κ1) is 18.4. The zero-order valence-electron chi connectivity index (χ0n) is 15.5. The number of anilines is 1. The van der Waals surface area contributed by atoms with Crippen molar-refractivity contribution in [3.63, 3.8) is 0 Å². The molecule has 1 saturated heterocycles. The van der Waals surface area contributed by atoms with Crippen LogP contribution in [0.5, 0.6) is 11.6 Å². The van der Waals surface area contributed by atoms with Gasteiger partial charge in [0.25, 0.3) is 0 Å². The van der Waals surface area contributed by atoms with Crippen LogP contribution in [0, 0.1) is 19.8 Å². The summed E-state index contributed by atoms with van der Waals surface area (Å²) in [5.74, 6) is 1.99. The van der Waals surface area contributed by atoms with Gasteiger partial charge in [-0.15, -0.1) is 0 Å². The Morgan fingerprint density at radius 3 is 2.81 bits per heavy atom. The van der Waals surface area contributed by atoms with Gasteiger partial charge in [0, 0.05) is 30.4 Å². The number of carbonyl (C=O) groups is 1. The van der Waals surface area contributed by atoms with E-state index in [2.05, 4.69) is 15.6 Å². The Hall–Kier alpha value is -2.40. The van der Waals surface area contributed by atoms with Crippen LogP contribution in [0.15, 0.2) is 36.5 Å². The third kappa shape index (κ3) is 5.30. The first-order valence-corrected chi connectivity index (χ1v) is 9.32. The van der Waals surface area contributed by atoms with Crippen molar-refractivity contribution in [2.45, 2.75) is 39.5 Å². The Bertz CT molecular complexity index is 755. The van der Waals surface area contributed by atoms with Crippen LogP contribution in [-0.4, -0.2) is 24.0 Å². The lowest BCUT2D eigenvalue weighted by Crippen LogP contribution is -2.28. The predicted molar refractivity (Wildman–Crippen MR) is 104 cm³/mol. The molecule has 5 heteroatoms. The van der Waals surface area contributed by atoms with Crippen molar-refractivity contribution >= 4 is 11.6 Å². The van der Waals surface area contributed by atoms with Crippen molar-refractivity contribution < 1.29 is 9.53 Å². The monoisotopic (exact) mass is 353 g/mol. The van der Waals surface area contributed by atoms with E-state index in [-0.39, 0.29) is 5.91 Å². The molecule has 0 saturated carbocycles. The summed E-state index contributed by atoms with van der Waals surface area (Å²) in [7, 11) is 0. The van der Waals surface area contributed by atoms with E-state index in [4.69, 9.17) is 4.74 Å². The molecule has 1 aromatic carbocycles. The summed E-state index contributed by atoms with van der Waals surface area (Å²) in [5, 5.41) is 6.35. The van der Waals surface area contributed by atoms with Crippen LogP contribution in [0.1, 0.15) is 36.8 Å². The number of nitrogens with zero attached hydrogens (tertiary/aromatic N) is 1. The molecule has 5 nitrogen and oxygen atoms in total. The average Bonchev–Trinajstić information content (AvgIpc) is 2.64. The Balaban J connectivity index is 1.58. The molecule has 2 aromatic rings. The summed E-state index contributed by atoms with van der Waals surface area (Å²) < 4.78 is 5.90. The number of nitrogens with one attached hydrogen (secondary N) is 2. The number of hydrogen-bond acceptors (Lipinski definition) is 4. The van der Waals surface area contributed by atoms with Crippen molar-refractivity contribution in [3.05, 3.63) is 47.7 Å². The summed E-state index contributed by atoms with van der Waals surface area (Å²) in [6.07, 6.45) is 5.58. The second kappa shape index (κ2) is 8.81. The molecule has 138 valence electrons. The number of ether oxygens (including phenoxy) is 1. The van der Waals surface area contributed by atoms with Gasteiger partial charge in [0.1, 0.15) is 5.75 Å². The first-order chi connectivity index (χ1) is 12.6. The fourth-order valence-corrected chi connectivity index (χ4v) is 3.19. The summed E-state index contributed by atoms with van der Waals surface area (Å²) in [6, 6.07) is 9.55. The molecule has 1 aliphatic heterocycles. The fourth-order valence-electron chi connectivity index (χ4n) is 3.19. The molecule has 0 unspecified atom stereocenters. The van der Waals surface area contributed by atoms with Gasteiger partial charge in [-0.1, -0.05) is 6.07 Å². The van der Waals surface area contributed by atoms with Gasteiger partial charge in [-0.2, -0.15) is 0 Å². The quantitative estimate of drug-likeness (QED) is 0.816. The van der Waals surface area contributed by atoms with Crippen LogP contribution in [0.2, 0.25) is 0 Å². The van der Waals surface area contributed by atoms with E-state index < -0.39 is 0 Å². The van der Waals surface area contributed by atoms with Crippen molar-refractivity contribution in [2.75, 3.05) is 18.4 Å². The van der Waals surface area contributed by atoms with Crippen LogP contribution >= 0.6 is 0 Å². The number of benzene rings is 1. The Labute approximate surface area is 155 Å². The van der Waals surface area contributed by atoms with Crippen LogP contribution in [0.4, 0.5) is 5.69 Å². The molecule has 26 heavy (non-hydrogen) atoms. The lowest BCUT2D eigenvalue weighted by atomic mass is 9.93. The van der Waals surface area contributed by atoms with E-state index in [9.17, 15) is 4.79 Å². The highest BCUT2D eigenvalue weighted by Crippen LogP contribution is 2.27. The maximum absolute atomic E-state index is 12.3. The van der Waals surface area contributed by atoms with Crippen LogP contribution in [-0.2, 0) is 4.79 Å². The Morgan fingerprint density at radius 1 is 1.23 bits per heavy atom. The van der Waals surface area contributed by atoms with Crippen molar-refractivity contribution in [2.24, 2.45) is 5.92 Å². The number of hydrogen-bond donors (Lipinski definition) is 2. The zero-order chi connectivity index (χ0) is 18.4. The molecule has 0 aliphatic carbocycles. The number of carbonyl (C=O) groups excluding carboxylic acids is 1. The smallest absolute Gasteiger partial charge is 0.224 e. The number of aromatic nitrogens is 1. The molecular weight excluding hydrogens is 326 g/mol. The highest BCUT2D eigenvalue weighted by Gasteiger charge is 2.15. The topological polar surface area (TPSA) is 63.2 Å². The molecule has 1 aromatic heterocycles. The van der Waals surface area contributed by atoms with Gasteiger partial charge in [0.05, 0.1) is 0 Å². The summed E-state index contributed by atoms with van der Waals surface area (Å²) >= 11 is 0. The van der Waals surface area contributed by atoms with E-state index in [0.717, 1.165) is 36.3 Å². The standard InChI is InChI=1S/C21H27N3O2/c1-15-7-12-23-21(13-15)26-19-14-18(5-3-16(19)2)24-20(25)6-4-17-8-10-22-11-9-17/h3,5,7,12-14,17,22H,4,6,8-11H2,1-2H3,(H,24,25). The molecular formula is C21H27N3O2. The lowest BCUT2D eigenvalue weighted by molar-refractivity contribution is -0.116. The maximum atomic E-state index is 12.3. The van der Waals surface area contributed by atoms with E-state index >= 15 is 0 Å². The third-order valence-corrected chi connectivity index (χ3v) is 4.82. The molecule has 0 spiro atoms. The summed E-state index contributed by atoms with van der Waals surface area (Å²) in [4.78, 5) is 16.5. The third-order valence-electron chi connectivity index (χ3n) is 4.82. The molecule has 0 atom stereocenters. The fraction of sp³-hybridized carbons (Fsp3) is 0.429. The minimum atomic E-state index is 0.0621. The minimum Gasteiger partial charge on any atom is -0.439 e. The normalized spacial score (nSPS) is 14.8. The molecule has 2 heterocycles. The van der Waals surface area contributed by atoms with Gasteiger partial charge in [0.2, 0.25) is 11.8 Å². The van der Waals surface area contributed by atoms with Gasteiger partial charge in [0.15, 0.2) is 0 Å². The molecule has 1 amide bonds. The molecule has 1 aliphatic rings. The van der Waals surface area contributed by atoms with E-state index in [1.807, 2.05) is 44.2 Å². The van der Waals surface area contributed by atoms with Gasteiger partial charge in [-0.3, -0.25) is 4.79 Å². The van der Waals surface area contributed by atoms with E-state index in [0.29, 0.717) is 24.0 Å². The van der Waals surface area contributed by atoms with Crippen molar-refractivity contribution in [3.8, 4) is 11.6 Å². The van der Waals surface area contributed by atoms with E-state index in [1.165, 1.54) is 12.8 Å². The van der Waals surface area contributed by atoms with Crippen molar-refractivity contribution in [1.29, 1.82) is 0 Å². The van der Waals surface area contributed by atoms with Crippen LogP contribution in [0.3, 0.4) is 0 Å². The zero-order valence-corrected chi connectivity index (χ0v) is 15.5.